The molecular formula is C15H17NO2. The van der Waals surface area contributed by atoms with Crippen LogP contribution in [0, 0.1) is 12.8 Å². The Morgan fingerprint density at radius 2 is 2.11 bits per heavy atom. The van der Waals surface area contributed by atoms with Crippen LogP contribution in [0.25, 0.3) is 10.9 Å². The van der Waals surface area contributed by atoms with Crippen LogP contribution in [0.4, 0.5) is 0 Å². The summed E-state index contributed by atoms with van der Waals surface area (Å²) in [5.41, 5.74) is 2.34. The number of benzene rings is 1. The highest BCUT2D eigenvalue weighted by atomic mass is 16.5. The molecule has 0 aliphatic carbocycles. The zero-order valence-corrected chi connectivity index (χ0v) is 10.9. The highest BCUT2D eigenvalue weighted by Crippen LogP contribution is 2.23. The van der Waals surface area contributed by atoms with E-state index in [-0.39, 0.29) is 0 Å². The lowest BCUT2D eigenvalue weighted by Gasteiger charge is -2.10. The molecule has 0 atom stereocenters. The number of rotatable bonds is 4. The van der Waals surface area contributed by atoms with E-state index in [0.717, 1.165) is 28.5 Å². The number of aldehydes is 1. The first-order valence-corrected chi connectivity index (χ1v) is 6.09. The van der Waals surface area contributed by atoms with Crippen LogP contribution in [-0.4, -0.2) is 17.9 Å². The minimum absolute atomic E-state index is 0.468. The molecular weight excluding hydrogens is 226 g/mol. The first-order valence-electron chi connectivity index (χ1n) is 6.09. The largest absolute Gasteiger partial charge is 0.493 e. The van der Waals surface area contributed by atoms with Crippen molar-refractivity contribution >= 4 is 17.2 Å². The average Bonchev–Trinajstić information content (AvgIpc) is 2.36. The first-order chi connectivity index (χ1) is 8.60. The molecule has 0 spiro atoms. The smallest absolute Gasteiger partial charge is 0.168 e. The van der Waals surface area contributed by atoms with E-state index >= 15 is 0 Å². The summed E-state index contributed by atoms with van der Waals surface area (Å²) in [6, 6.07) is 7.56. The van der Waals surface area contributed by atoms with E-state index in [2.05, 4.69) is 18.8 Å². The van der Waals surface area contributed by atoms with Gasteiger partial charge in [0.25, 0.3) is 0 Å². The predicted molar refractivity (Wildman–Crippen MR) is 72.2 cm³/mol. The van der Waals surface area contributed by atoms with Crippen molar-refractivity contribution in [3.8, 4) is 5.75 Å². The van der Waals surface area contributed by atoms with Crippen molar-refractivity contribution < 1.29 is 9.53 Å². The van der Waals surface area contributed by atoms with E-state index in [1.807, 2.05) is 25.1 Å². The van der Waals surface area contributed by atoms with Gasteiger partial charge in [0, 0.05) is 5.39 Å². The second-order valence-corrected chi connectivity index (χ2v) is 4.87. The zero-order valence-electron chi connectivity index (χ0n) is 10.9. The van der Waals surface area contributed by atoms with Gasteiger partial charge in [0.2, 0.25) is 0 Å². The number of carbonyl (C=O) groups excluding carboxylic acids is 1. The van der Waals surface area contributed by atoms with Gasteiger partial charge in [0.15, 0.2) is 6.29 Å². The normalized spacial score (nSPS) is 10.9. The molecule has 1 aromatic carbocycles. The summed E-state index contributed by atoms with van der Waals surface area (Å²) in [5, 5.41) is 1.03. The molecule has 0 fully saturated rings. The van der Waals surface area contributed by atoms with Crippen molar-refractivity contribution in [1.29, 1.82) is 0 Å². The lowest BCUT2D eigenvalue weighted by Crippen LogP contribution is -2.04. The van der Waals surface area contributed by atoms with Crippen LogP contribution in [0.15, 0.2) is 24.3 Å². The fourth-order valence-electron chi connectivity index (χ4n) is 1.81. The maximum absolute atomic E-state index is 10.8. The van der Waals surface area contributed by atoms with E-state index in [0.29, 0.717) is 18.2 Å². The maximum Gasteiger partial charge on any atom is 0.168 e. The molecule has 0 bridgehead atoms. The third kappa shape index (κ3) is 2.67. The molecule has 0 N–H and O–H groups in total. The molecule has 0 unspecified atom stereocenters. The van der Waals surface area contributed by atoms with Gasteiger partial charge in [-0.15, -0.1) is 0 Å². The van der Waals surface area contributed by atoms with Crippen molar-refractivity contribution in [2.75, 3.05) is 6.61 Å². The van der Waals surface area contributed by atoms with Crippen LogP contribution < -0.4 is 4.74 Å². The van der Waals surface area contributed by atoms with Crippen LogP contribution in [0.3, 0.4) is 0 Å². The molecule has 94 valence electrons. The molecule has 1 heterocycles. The average molecular weight is 243 g/mol. The van der Waals surface area contributed by atoms with Crippen LogP contribution in [0.2, 0.25) is 0 Å². The van der Waals surface area contributed by atoms with Crippen molar-refractivity contribution in [3.05, 3.63) is 35.5 Å². The molecule has 0 aliphatic rings. The fraction of sp³-hybridized carbons (Fsp3) is 0.333. The Labute approximate surface area is 107 Å². The van der Waals surface area contributed by atoms with Crippen molar-refractivity contribution in [2.45, 2.75) is 20.8 Å². The Morgan fingerprint density at radius 1 is 1.33 bits per heavy atom. The number of pyridine rings is 1. The Morgan fingerprint density at radius 3 is 2.78 bits per heavy atom. The molecule has 3 nitrogen and oxygen atoms in total. The lowest BCUT2D eigenvalue weighted by molar-refractivity contribution is 0.111. The van der Waals surface area contributed by atoms with Crippen molar-refractivity contribution in [2.24, 2.45) is 5.92 Å². The van der Waals surface area contributed by atoms with Crippen LogP contribution in [0.1, 0.15) is 29.9 Å². The van der Waals surface area contributed by atoms with Gasteiger partial charge in [-0.1, -0.05) is 13.8 Å². The van der Waals surface area contributed by atoms with Gasteiger partial charge in [-0.25, -0.2) is 4.98 Å². The van der Waals surface area contributed by atoms with E-state index in [9.17, 15) is 4.79 Å². The van der Waals surface area contributed by atoms with Crippen molar-refractivity contribution in [3.63, 3.8) is 0 Å². The number of aromatic nitrogens is 1. The predicted octanol–water partition coefficient (Wildman–Crippen LogP) is 3.39. The fourth-order valence-corrected chi connectivity index (χ4v) is 1.81. The molecule has 18 heavy (non-hydrogen) atoms. The highest BCUT2D eigenvalue weighted by molar-refractivity contribution is 5.87. The number of nitrogens with zero attached hydrogens (tertiary/aromatic N) is 1. The van der Waals surface area contributed by atoms with Crippen LogP contribution >= 0.6 is 0 Å². The summed E-state index contributed by atoms with van der Waals surface area (Å²) < 4.78 is 5.69. The summed E-state index contributed by atoms with van der Waals surface area (Å²) in [5.74, 6) is 1.34. The molecule has 2 rings (SSSR count). The quantitative estimate of drug-likeness (QED) is 0.773. The van der Waals surface area contributed by atoms with Gasteiger partial charge < -0.3 is 4.74 Å². The first kappa shape index (κ1) is 12.6. The Kier molecular flexibility index (Phi) is 3.60. The molecule has 0 radical (unpaired) electrons. The molecule has 0 saturated heterocycles. The van der Waals surface area contributed by atoms with E-state index in [1.165, 1.54) is 0 Å². The van der Waals surface area contributed by atoms with Crippen LogP contribution in [0.5, 0.6) is 5.75 Å². The second-order valence-electron chi connectivity index (χ2n) is 4.87. The SMILES string of the molecule is Cc1cc(C=O)nc2ccc(OCC(C)C)cc12. The maximum atomic E-state index is 10.8. The number of ether oxygens (including phenoxy) is 1. The number of aryl methyl sites for hydroxylation is 1. The van der Waals surface area contributed by atoms with E-state index in [1.54, 1.807) is 6.07 Å². The van der Waals surface area contributed by atoms with Gasteiger partial charge in [-0.2, -0.15) is 0 Å². The topological polar surface area (TPSA) is 39.2 Å². The Balaban J connectivity index is 2.39. The molecule has 0 aliphatic heterocycles. The minimum Gasteiger partial charge on any atom is -0.493 e. The molecule has 2 aromatic rings. The third-order valence-corrected chi connectivity index (χ3v) is 2.71. The molecule has 3 heteroatoms. The highest BCUT2D eigenvalue weighted by Gasteiger charge is 2.04. The second kappa shape index (κ2) is 5.17. The monoisotopic (exact) mass is 243 g/mol. The van der Waals surface area contributed by atoms with Crippen molar-refractivity contribution in [1.82, 2.24) is 4.98 Å². The van der Waals surface area contributed by atoms with Gasteiger partial charge in [0.1, 0.15) is 11.4 Å². The summed E-state index contributed by atoms with van der Waals surface area (Å²) in [6.07, 6.45) is 0.773. The lowest BCUT2D eigenvalue weighted by atomic mass is 10.1. The Bertz CT molecular complexity index is 576. The molecule has 0 amide bonds. The summed E-state index contributed by atoms with van der Waals surface area (Å²) >= 11 is 0. The Hall–Kier alpha value is -1.90. The van der Waals surface area contributed by atoms with Gasteiger partial charge in [-0.05, 0) is 42.7 Å². The molecule has 1 aromatic heterocycles. The summed E-state index contributed by atoms with van der Waals surface area (Å²) in [4.78, 5) is 15.0. The number of hydrogen-bond donors (Lipinski definition) is 0. The van der Waals surface area contributed by atoms with E-state index < -0.39 is 0 Å². The van der Waals surface area contributed by atoms with Crippen LogP contribution in [-0.2, 0) is 0 Å². The molecule has 0 saturated carbocycles. The van der Waals surface area contributed by atoms with Gasteiger partial charge in [-0.3, -0.25) is 4.79 Å². The zero-order chi connectivity index (χ0) is 13.1. The summed E-state index contributed by atoms with van der Waals surface area (Å²) in [7, 11) is 0. The number of hydrogen-bond acceptors (Lipinski definition) is 3. The number of fused-ring (bicyclic) bond motifs is 1. The van der Waals surface area contributed by atoms with E-state index in [4.69, 9.17) is 4.74 Å². The number of carbonyl (C=O) groups is 1. The van der Waals surface area contributed by atoms with Gasteiger partial charge in [0.05, 0.1) is 12.1 Å². The van der Waals surface area contributed by atoms with Gasteiger partial charge >= 0.3 is 0 Å². The minimum atomic E-state index is 0.468. The third-order valence-electron chi connectivity index (χ3n) is 2.71. The summed E-state index contributed by atoms with van der Waals surface area (Å²) in [6.45, 7) is 6.90. The standard InChI is InChI=1S/C15H17NO2/c1-10(2)9-18-13-4-5-15-14(7-13)11(3)6-12(8-17)16-15/h4-8,10H,9H2,1-3H3.